The summed E-state index contributed by atoms with van der Waals surface area (Å²) in [4.78, 5) is 0. The van der Waals surface area contributed by atoms with E-state index in [1.54, 1.807) is 0 Å². The van der Waals surface area contributed by atoms with Crippen LogP contribution in [0.1, 0.15) is 34.3 Å². The number of halogens is 1. The monoisotopic (exact) mass is 341 g/mol. The Morgan fingerprint density at radius 1 is 1.29 bits per heavy atom. The standard InChI is InChI=1S/C19H20FNO3/c20-15-3-1-13(2-4-15)17-7-8-21-10-14(17)11-22-16-5-6-18-19(9-16)24-12-23-18/h1-6,9,14,17,21H,7-8,10-12H2/t14-,17?/m1/s1/i1D,2D,3D,4D,8D2,10D2,12D2,14D,17D. The summed E-state index contributed by atoms with van der Waals surface area (Å²) in [6, 6.07) is -0.519. The SMILES string of the molecule is [2H]c1c([2H])c(C2([2H])CC([2H])([2H])NC([2H])([2H])[C@]2([2H])COc2ccc3c(c2)OC([2H])([2H])O3)c([2H])c([2H])c1F. The third-order valence-electron chi connectivity index (χ3n) is 3.43. The van der Waals surface area contributed by atoms with Gasteiger partial charge in [-0.2, -0.15) is 0 Å². The first kappa shape index (κ1) is 6.92. The lowest BCUT2D eigenvalue weighted by Gasteiger charge is -2.32. The Balaban J connectivity index is 1.81. The average molecular weight is 341 g/mol. The maximum atomic E-state index is 14.2. The third-order valence-corrected chi connectivity index (χ3v) is 3.43. The minimum absolute atomic E-state index is 0.0482. The van der Waals surface area contributed by atoms with Gasteiger partial charge in [0.1, 0.15) is 14.3 Å². The van der Waals surface area contributed by atoms with Crippen molar-refractivity contribution in [3.63, 3.8) is 0 Å². The minimum Gasteiger partial charge on any atom is -0.493 e. The van der Waals surface area contributed by atoms with Crippen molar-refractivity contribution in [3.8, 4) is 17.2 Å². The summed E-state index contributed by atoms with van der Waals surface area (Å²) in [5.41, 5.74) is -0.842. The van der Waals surface area contributed by atoms with E-state index >= 15 is 0 Å². The van der Waals surface area contributed by atoms with Gasteiger partial charge < -0.3 is 19.5 Å². The van der Waals surface area contributed by atoms with E-state index in [1.807, 2.05) is 5.32 Å². The fraction of sp³-hybridized carbons (Fsp3) is 0.368. The Morgan fingerprint density at radius 3 is 3.00 bits per heavy atom. The summed E-state index contributed by atoms with van der Waals surface area (Å²) >= 11 is 0. The second kappa shape index (κ2) is 6.69. The maximum Gasteiger partial charge on any atom is 0.231 e. The summed E-state index contributed by atoms with van der Waals surface area (Å²) in [6.45, 7) is -9.04. The number of hydrogen-bond acceptors (Lipinski definition) is 4. The zero-order valence-electron chi connectivity index (χ0n) is 24.2. The molecule has 5 heteroatoms. The van der Waals surface area contributed by atoms with E-state index in [2.05, 4.69) is 0 Å². The molecule has 24 heavy (non-hydrogen) atoms. The number of ether oxygens (including phenoxy) is 3. The number of rotatable bonds is 4. The Bertz CT molecular complexity index is 1220. The Hall–Kier alpha value is -2.27. The largest absolute Gasteiger partial charge is 0.493 e. The fourth-order valence-corrected chi connectivity index (χ4v) is 2.25. The quantitative estimate of drug-likeness (QED) is 0.926. The van der Waals surface area contributed by atoms with Gasteiger partial charge in [0, 0.05) is 26.7 Å². The molecule has 1 fully saturated rings. The molecule has 2 aromatic rings. The number of nitrogens with one attached hydrogen (secondary N) is 1. The molecule has 1 saturated heterocycles. The van der Waals surface area contributed by atoms with Gasteiger partial charge in [-0.3, -0.25) is 0 Å². The molecular formula is C19H20FNO3. The van der Waals surface area contributed by atoms with Crippen LogP contribution in [-0.2, 0) is 0 Å². The van der Waals surface area contributed by atoms with Crippen molar-refractivity contribution in [2.45, 2.75) is 12.3 Å². The molecule has 126 valence electrons. The molecule has 1 N–H and O–H groups in total. The van der Waals surface area contributed by atoms with Gasteiger partial charge in [-0.25, -0.2) is 4.39 Å². The molecule has 0 spiro atoms. The summed E-state index contributed by atoms with van der Waals surface area (Å²) in [6.07, 6.45) is -0.990. The van der Waals surface area contributed by atoms with E-state index in [0.29, 0.717) is 0 Å². The van der Waals surface area contributed by atoms with Gasteiger partial charge in [-0.1, -0.05) is 12.1 Å². The Labute approximate surface area is 157 Å². The van der Waals surface area contributed by atoms with Crippen LogP contribution in [0, 0.1) is 11.7 Å². The lowest BCUT2D eigenvalue weighted by Crippen LogP contribution is -2.38. The first-order valence-electron chi connectivity index (χ1n) is 13.0. The van der Waals surface area contributed by atoms with Crippen LogP contribution in [-0.4, -0.2) is 26.3 Å². The van der Waals surface area contributed by atoms with Crippen molar-refractivity contribution < 1.29 is 35.1 Å². The van der Waals surface area contributed by atoms with Crippen LogP contribution < -0.4 is 19.5 Å². The smallest absolute Gasteiger partial charge is 0.231 e. The molecular weight excluding hydrogens is 309 g/mol. The van der Waals surface area contributed by atoms with Gasteiger partial charge in [0.05, 0.1) is 12.1 Å². The molecule has 2 aliphatic rings. The van der Waals surface area contributed by atoms with Crippen molar-refractivity contribution in [2.24, 2.45) is 5.89 Å². The van der Waals surface area contributed by atoms with Gasteiger partial charge in [0.15, 0.2) is 11.5 Å². The highest BCUT2D eigenvalue weighted by Gasteiger charge is 2.27. The second-order valence-corrected chi connectivity index (χ2v) is 4.93. The molecule has 0 radical (unpaired) electrons. The van der Waals surface area contributed by atoms with E-state index in [9.17, 15) is 4.39 Å². The molecule has 2 heterocycles. The van der Waals surface area contributed by atoms with E-state index < -0.39 is 80.1 Å². The highest BCUT2D eigenvalue weighted by molar-refractivity contribution is 5.46. The van der Waals surface area contributed by atoms with Crippen LogP contribution in [0.5, 0.6) is 17.2 Å². The zero-order chi connectivity index (χ0) is 27.1. The summed E-state index contributed by atoms with van der Waals surface area (Å²) in [7, 11) is 0. The first-order chi connectivity index (χ1) is 16.3. The molecule has 0 aromatic heterocycles. The first-order valence-corrected chi connectivity index (χ1v) is 7.05. The molecule has 0 saturated carbocycles. The average Bonchev–Trinajstić information content (AvgIpc) is 3.05. The lowest BCUT2D eigenvalue weighted by atomic mass is 9.81. The Morgan fingerprint density at radius 2 is 2.12 bits per heavy atom. The van der Waals surface area contributed by atoms with Crippen molar-refractivity contribution >= 4 is 0 Å². The normalized spacial score (nSPS) is 42.0. The summed E-state index contributed by atoms with van der Waals surface area (Å²) in [5.74, 6) is -7.14. The number of fused-ring (bicyclic) bond motifs is 1. The predicted molar refractivity (Wildman–Crippen MR) is 88.2 cm³/mol. The maximum absolute atomic E-state index is 14.2. The fourth-order valence-electron chi connectivity index (χ4n) is 2.25. The molecule has 4 nitrogen and oxygen atoms in total. The highest BCUT2D eigenvalue weighted by Crippen LogP contribution is 2.36. The molecule has 2 aliphatic heterocycles. The van der Waals surface area contributed by atoms with Crippen molar-refractivity contribution in [2.75, 3.05) is 26.3 Å². The molecule has 0 amide bonds. The van der Waals surface area contributed by atoms with Crippen molar-refractivity contribution in [1.29, 1.82) is 0 Å². The molecule has 1 unspecified atom stereocenters. The number of piperidine rings is 1. The van der Waals surface area contributed by atoms with E-state index in [-0.39, 0.29) is 17.2 Å². The third kappa shape index (κ3) is 3.17. The van der Waals surface area contributed by atoms with E-state index in [4.69, 9.17) is 30.7 Å². The van der Waals surface area contributed by atoms with Gasteiger partial charge in [0.2, 0.25) is 6.75 Å². The van der Waals surface area contributed by atoms with Crippen LogP contribution in [0.2, 0.25) is 0 Å². The van der Waals surface area contributed by atoms with E-state index in [1.165, 1.54) is 18.2 Å². The van der Waals surface area contributed by atoms with Crippen molar-refractivity contribution in [3.05, 3.63) is 53.7 Å². The van der Waals surface area contributed by atoms with Gasteiger partial charge in [-0.15, -0.1) is 0 Å². The molecule has 0 aliphatic carbocycles. The van der Waals surface area contributed by atoms with Crippen LogP contribution >= 0.6 is 0 Å². The van der Waals surface area contributed by atoms with Gasteiger partial charge in [0.25, 0.3) is 0 Å². The molecule has 2 aromatic carbocycles. The van der Waals surface area contributed by atoms with Crippen LogP contribution in [0.25, 0.3) is 0 Å². The predicted octanol–water partition coefficient (Wildman–Crippen LogP) is 3.33. The minimum atomic E-state index is -3.03. The number of benzene rings is 2. The van der Waals surface area contributed by atoms with Gasteiger partial charge in [-0.05, 0) is 48.6 Å². The van der Waals surface area contributed by atoms with Crippen LogP contribution in [0.15, 0.2) is 42.4 Å². The van der Waals surface area contributed by atoms with Crippen LogP contribution in [0.4, 0.5) is 4.39 Å². The van der Waals surface area contributed by atoms with Crippen LogP contribution in [0.3, 0.4) is 0 Å². The van der Waals surface area contributed by atoms with Crippen molar-refractivity contribution in [1.82, 2.24) is 5.32 Å². The summed E-state index contributed by atoms with van der Waals surface area (Å²) < 4.78 is 128. The lowest BCUT2D eigenvalue weighted by molar-refractivity contribution is 0.173. The Kier molecular flexibility index (Phi) is 1.93. The topological polar surface area (TPSA) is 39.7 Å². The van der Waals surface area contributed by atoms with E-state index in [0.717, 1.165) is 0 Å². The summed E-state index contributed by atoms with van der Waals surface area (Å²) in [5, 5.41) is 2.01. The highest BCUT2D eigenvalue weighted by atomic mass is 19.1. The second-order valence-electron chi connectivity index (χ2n) is 4.93. The van der Waals surface area contributed by atoms with Gasteiger partial charge >= 0.3 is 0 Å². The molecule has 2 atom stereocenters. The number of hydrogen-bond donors (Lipinski definition) is 1. The molecule has 4 rings (SSSR count). The molecule has 0 bridgehead atoms. The zero-order valence-corrected chi connectivity index (χ0v) is 12.2.